The van der Waals surface area contributed by atoms with Crippen LogP contribution in [-0.2, 0) is 9.59 Å². The van der Waals surface area contributed by atoms with Gasteiger partial charge in [-0.15, -0.1) is 0 Å². The number of nitrogens with zero attached hydrogens (tertiary/aromatic N) is 1. The number of carbonyl (C=O) groups excluding carboxylic acids is 3. The Balaban J connectivity index is 1.62. The first-order chi connectivity index (χ1) is 16.6. The maximum atomic E-state index is 13.2. The standard InChI is InChI=1S/C26H22Cl2N4O3/c1-14-4-7-19(10-16(14)3)29-24(33)23-12-17-11-18(27)6-9-22(17)32(23)31-26(35)25(34)30-20-8-5-15(2)21(28)13-20/h4-13H,1-3H3,(H,29,33)(H,30,34)(H,31,35). The Bertz CT molecular complexity index is 1490. The minimum Gasteiger partial charge on any atom is -0.321 e. The Morgan fingerprint density at radius 3 is 2.09 bits per heavy atom. The van der Waals surface area contributed by atoms with Gasteiger partial charge in [-0.2, -0.15) is 0 Å². The lowest BCUT2D eigenvalue weighted by Gasteiger charge is -2.13. The van der Waals surface area contributed by atoms with Gasteiger partial charge in [0, 0.05) is 26.8 Å². The minimum atomic E-state index is -0.964. The molecule has 0 aliphatic rings. The van der Waals surface area contributed by atoms with Crippen molar-refractivity contribution in [3.8, 4) is 0 Å². The summed E-state index contributed by atoms with van der Waals surface area (Å²) in [6, 6.07) is 17.0. The molecule has 0 spiro atoms. The van der Waals surface area contributed by atoms with Gasteiger partial charge in [0.05, 0.1) is 5.52 Å². The van der Waals surface area contributed by atoms with Crippen LogP contribution in [-0.4, -0.2) is 22.4 Å². The number of anilines is 2. The van der Waals surface area contributed by atoms with E-state index in [0.717, 1.165) is 16.7 Å². The quantitative estimate of drug-likeness (QED) is 0.302. The van der Waals surface area contributed by atoms with Crippen LogP contribution in [0.2, 0.25) is 10.0 Å². The Hall–Kier alpha value is -3.81. The number of hydrogen-bond acceptors (Lipinski definition) is 3. The first-order valence-corrected chi connectivity index (χ1v) is 11.5. The van der Waals surface area contributed by atoms with Crippen LogP contribution in [0, 0.1) is 20.8 Å². The molecule has 0 atom stereocenters. The highest BCUT2D eigenvalue weighted by Gasteiger charge is 2.21. The maximum Gasteiger partial charge on any atom is 0.328 e. The summed E-state index contributed by atoms with van der Waals surface area (Å²) in [5, 5.41) is 6.89. The van der Waals surface area contributed by atoms with Crippen molar-refractivity contribution in [2.75, 3.05) is 16.1 Å². The van der Waals surface area contributed by atoms with E-state index in [-0.39, 0.29) is 5.69 Å². The Morgan fingerprint density at radius 1 is 0.714 bits per heavy atom. The van der Waals surface area contributed by atoms with Crippen LogP contribution in [0.1, 0.15) is 27.2 Å². The lowest BCUT2D eigenvalue weighted by molar-refractivity contribution is -0.133. The average Bonchev–Trinajstić information content (AvgIpc) is 3.16. The van der Waals surface area contributed by atoms with E-state index < -0.39 is 17.7 Å². The van der Waals surface area contributed by atoms with E-state index >= 15 is 0 Å². The van der Waals surface area contributed by atoms with Gasteiger partial charge in [-0.1, -0.05) is 35.3 Å². The number of nitrogens with one attached hydrogen (secondary N) is 3. The Morgan fingerprint density at radius 2 is 1.40 bits per heavy atom. The fourth-order valence-corrected chi connectivity index (χ4v) is 3.86. The third kappa shape index (κ3) is 5.31. The molecule has 3 amide bonds. The molecule has 4 aromatic rings. The number of aromatic nitrogens is 1. The Kier molecular flexibility index (Phi) is 6.82. The largest absolute Gasteiger partial charge is 0.328 e. The predicted molar refractivity (Wildman–Crippen MR) is 140 cm³/mol. The maximum absolute atomic E-state index is 13.2. The number of benzene rings is 3. The third-order valence-electron chi connectivity index (χ3n) is 5.61. The van der Waals surface area contributed by atoms with E-state index in [4.69, 9.17) is 23.2 Å². The van der Waals surface area contributed by atoms with Crippen LogP contribution in [0.15, 0.2) is 60.7 Å². The van der Waals surface area contributed by atoms with Crippen molar-refractivity contribution in [3.63, 3.8) is 0 Å². The van der Waals surface area contributed by atoms with Crippen molar-refractivity contribution in [2.45, 2.75) is 20.8 Å². The highest BCUT2D eigenvalue weighted by Crippen LogP contribution is 2.24. The second-order valence-electron chi connectivity index (χ2n) is 8.18. The molecule has 4 rings (SSSR count). The van der Waals surface area contributed by atoms with Gasteiger partial charge in [0.1, 0.15) is 5.69 Å². The molecule has 7 nitrogen and oxygen atoms in total. The van der Waals surface area contributed by atoms with Crippen LogP contribution in [0.5, 0.6) is 0 Å². The van der Waals surface area contributed by atoms with E-state index in [0.29, 0.717) is 32.3 Å². The number of amides is 3. The van der Waals surface area contributed by atoms with Crippen molar-refractivity contribution in [1.29, 1.82) is 0 Å². The summed E-state index contributed by atoms with van der Waals surface area (Å²) in [5.41, 5.74) is 7.08. The first-order valence-electron chi connectivity index (χ1n) is 10.7. The highest BCUT2D eigenvalue weighted by atomic mass is 35.5. The molecule has 1 heterocycles. The van der Waals surface area contributed by atoms with Gasteiger partial charge in [-0.25, -0.2) is 4.68 Å². The summed E-state index contributed by atoms with van der Waals surface area (Å²) < 4.78 is 1.27. The summed E-state index contributed by atoms with van der Waals surface area (Å²) in [6.07, 6.45) is 0. The lowest BCUT2D eigenvalue weighted by atomic mass is 10.1. The van der Waals surface area contributed by atoms with Gasteiger partial charge in [0.25, 0.3) is 5.91 Å². The zero-order chi connectivity index (χ0) is 25.3. The molecule has 0 bridgehead atoms. The molecule has 1 aromatic heterocycles. The van der Waals surface area contributed by atoms with Crippen molar-refractivity contribution >= 4 is 63.2 Å². The number of aryl methyl sites for hydroxylation is 3. The van der Waals surface area contributed by atoms with Gasteiger partial charge in [0.2, 0.25) is 0 Å². The SMILES string of the molecule is Cc1ccc(NC(=O)c2cc3cc(Cl)ccc3n2NC(=O)C(=O)Nc2ccc(C)c(Cl)c2)cc1C. The zero-order valence-corrected chi connectivity index (χ0v) is 20.7. The molecule has 0 radical (unpaired) electrons. The topological polar surface area (TPSA) is 92.2 Å². The molecule has 35 heavy (non-hydrogen) atoms. The lowest BCUT2D eigenvalue weighted by Crippen LogP contribution is -2.36. The monoisotopic (exact) mass is 508 g/mol. The van der Waals surface area contributed by atoms with Crippen LogP contribution in [0.3, 0.4) is 0 Å². The number of hydrogen-bond donors (Lipinski definition) is 3. The van der Waals surface area contributed by atoms with Crippen LogP contribution < -0.4 is 16.1 Å². The van der Waals surface area contributed by atoms with Crippen molar-refractivity contribution < 1.29 is 14.4 Å². The predicted octanol–water partition coefficient (Wildman–Crippen LogP) is 5.83. The molecule has 0 fully saturated rings. The molecule has 3 aromatic carbocycles. The van der Waals surface area contributed by atoms with E-state index in [1.54, 1.807) is 48.5 Å². The van der Waals surface area contributed by atoms with Crippen molar-refractivity contribution in [1.82, 2.24) is 4.68 Å². The molecule has 0 saturated carbocycles. The number of fused-ring (bicyclic) bond motifs is 1. The van der Waals surface area contributed by atoms with Crippen molar-refractivity contribution in [3.05, 3.63) is 93.1 Å². The summed E-state index contributed by atoms with van der Waals surface area (Å²) in [4.78, 5) is 38.5. The zero-order valence-electron chi connectivity index (χ0n) is 19.2. The molecular formula is C26H22Cl2N4O3. The third-order valence-corrected chi connectivity index (χ3v) is 6.25. The van der Waals surface area contributed by atoms with Crippen LogP contribution in [0.25, 0.3) is 10.9 Å². The molecular weight excluding hydrogens is 487 g/mol. The van der Waals surface area contributed by atoms with Crippen LogP contribution in [0.4, 0.5) is 11.4 Å². The van der Waals surface area contributed by atoms with E-state index in [9.17, 15) is 14.4 Å². The molecule has 0 aliphatic heterocycles. The van der Waals surface area contributed by atoms with Gasteiger partial charge in [-0.3, -0.25) is 19.8 Å². The molecule has 178 valence electrons. The van der Waals surface area contributed by atoms with E-state index in [1.165, 1.54) is 4.68 Å². The van der Waals surface area contributed by atoms with Gasteiger partial charge in [0.15, 0.2) is 0 Å². The molecule has 0 unspecified atom stereocenters. The summed E-state index contributed by atoms with van der Waals surface area (Å²) in [5.74, 6) is -2.35. The number of carbonyl (C=O) groups is 3. The van der Waals surface area contributed by atoms with E-state index in [2.05, 4.69) is 16.1 Å². The summed E-state index contributed by atoms with van der Waals surface area (Å²) in [7, 11) is 0. The molecule has 0 saturated heterocycles. The normalized spacial score (nSPS) is 10.8. The van der Waals surface area contributed by atoms with Crippen molar-refractivity contribution in [2.24, 2.45) is 0 Å². The van der Waals surface area contributed by atoms with Crippen LogP contribution >= 0.6 is 23.2 Å². The minimum absolute atomic E-state index is 0.125. The van der Waals surface area contributed by atoms with E-state index in [1.807, 2.05) is 32.9 Å². The second kappa shape index (κ2) is 9.82. The fourth-order valence-electron chi connectivity index (χ4n) is 3.50. The average molecular weight is 509 g/mol. The second-order valence-corrected chi connectivity index (χ2v) is 9.02. The first kappa shape index (κ1) is 24.3. The molecule has 9 heteroatoms. The number of rotatable bonds is 4. The van der Waals surface area contributed by atoms with Gasteiger partial charge in [-0.05, 0) is 86.0 Å². The molecule has 3 N–H and O–H groups in total. The summed E-state index contributed by atoms with van der Waals surface area (Å²) in [6.45, 7) is 5.76. The summed E-state index contributed by atoms with van der Waals surface area (Å²) >= 11 is 12.2. The highest BCUT2D eigenvalue weighted by molar-refractivity contribution is 6.42. The number of halogens is 2. The van der Waals surface area contributed by atoms with Gasteiger partial charge < -0.3 is 10.6 Å². The smallest absolute Gasteiger partial charge is 0.321 e. The Labute approximate surface area is 212 Å². The molecule has 0 aliphatic carbocycles. The van der Waals surface area contributed by atoms with Gasteiger partial charge >= 0.3 is 11.8 Å². The fraction of sp³-hybridized carbons (Fsp3) is 0.115.